The van der Waals surface area contributed by atoms with Crippen molar-refractivity contribution in [2.24, 2.45) is 0 Å². The van der Waals surface area contributed by atoms with Crippen LogP contribution in [0.25, 0.3) is 10.9 Å². The van der Waals surface area contributed by atoms with Gasteiger partial charge in [-0.3, -0.25) is 0 Å². The Kier molecular flexibility index (Phi) is 2.52. The molecule has 0 bridgehead atoms. The van der Waals surface area contributed by atoms with Gasteiger partial charge in [-0.05, 0) is 46.6 Å². The fourth-order valence-electron chi connectivity index (χ4n) is 1.56. The number of methoxy groups -OCH3 is 1. The number of ether oxygens (including phenoxy) is 1. The molecule has 0 spiro atoms. The summed E-state index contributed by atoms with van der Waals surface area (Å²) in [6.45, 7) is 2.01. The minimum atomic E-state index is -0.351. The van der Waals surface area contributed by atoms with Crippen LogP contribution in [0.2, 0.25) is 0 Å². The molecule has 0 aliphatic rings. The molecular weight excluding hydrogens is 258 g/mol. The van der Waals surface area contributed by atoms with E-state index in [1.807, 2.05) is 19.1 Å². The fraction of sp³-hybridized carbons (Fsp3) is 0.182. The van der Waals surface area contributed by atoms with E-state index in [1.54, 1.807) is 6.07 Å². The summed E-state index contributed by atoms with van der Waals surface area (Å²) >= 11 is 3.45. The lowest BCUT2D eigenvalue weighted by Gasteiger charge is -1.96. The number of carbonyl (C=O) groups excluding carboxylic acids is 1. The normalized spacial score (nSPS) is 10.6. The monoisotopic (exact) mass is 267 g/mol. The molecule has 0 aliphatic heterocycles. The van der Waals surface area contributed by atoms with E-state index >= 15 is 0 Å². The first-order valence-electron chi connectivity index (χ1n) is 4.49. The molecule has 0 radical (unpaired) electrons. The summed E-state index contributed by atoms with van der Waals surface area (Å²) in [6, 6.07) is 5.81. The molecule has 4 heteroatoms. The van der Waals surface area contributed by atoms with Gasteiger partial charge in [0, 0.05) is 9.86 Å². The molecule has 0 amide bonds. The molecule has 15 heavy (non-hydrogen) atoms. The summed E-state index contributed by atoms with van der Waals surface area (Å²) in [5.74, 6) is -0.351. The SMILES string of the molecule is COC(=O)c1cc2cc(C)cc(Br)c2[nH]1. The maximum absolute atomic E-state index is 11.3. The minimum Gasteiger partial charge on any atom is -0.464 e. The number of nitrogens with one attached hydrogen (secondary N) is 1. The molecular formula is C11H10BrNO2. The lowest BCUT2D eigenvalue weighted by molar-refractivity contribution is 0.0595. The second-order valence-corrected chi connectivity index (χ2v) is 4.24. The van der Waals surface area contributed by atoms with Gasteiger partial charge >= 0.3 is 5.97 Å². The number of rotatable bonds is 1. The number of halogens is 1. The minimum absolute atomic E-state index is 0.351. The second kappa shape index (κ2) is 3.70. The molecule has 0 saturated heterocycles. The average molecular weight is 268 g/mol. The van der Waals surface area contributed by atoms with Crippen LogP contribution in [-0.4, -0.2) is 18.1 Å². The van der Waals surface area contributed by atoms with Crippen molar-refractivity contribution in [2.75, 3.05) is 7.11 Å². The van der Waals surface area contributed by atoms with Gasteiger partial charge in [0.05, 0.1) is 12.6 Å². The topological polar surface area (TPSA) is 42.1 Å². The van der Waals surface area contributed by atoms with Gasteiger partial charge in [-0.15, -0.1) is 0 Å². The van der Waals surface area contributed by atoms with E-state index < -0.39 is 0 Å². The lowest BCUT2D eigenvalue weighted by atomic mass is 10.2. The number of fused-ring (bicyclic) bond motifs is 1. The van der Waals surface area contributed by atoms with E-state index in [-0.39, 0.29) is 5.97 Å². The van der Waals surface area contributed by atoms with Crippen LogP contribution >= 0.6 is 15.9 Å². The quantitative estimate of drug-likeness (QED) is 0.808. The molecule has 2 rings (SSSR count). The first-order valence-corrected chi connectivity index (χ1v) is 5.28. The molecule has 1 N–H and O–H groups in total. The highest BCUT2D eigenvalue weighted by atomic mass is 79.9. The van der Waals surface area contributed by atoms with Gasteiger partial charge in [0.25, 0.3) is 0 Å². The first kappa shape index (κ1) is 10.2. The van der Waals surface area contributed by atoms with Gasteiger partial charge < -0.3 is 9.72 Å². The van der Waals surface area contributed by atoms with Crippen LogP contribution in [0, 0.1) is 6.92 Å². The third-order valence-electron chi connectivity index (χ3n) is 2.23. The number of hydrogen-bond acceptors (Lipinski definition) is 2. The van der Waals surface area contributed by atoms with Crippen molar-refractivity contribution >= 4 is 32.8 Å². The molecule has 2 aromatic rings. The fourth-order valence-corrected chi connectivity index (χ4v) is 2.25. The van der Waals surface area contributed by atoms with E-state index in [9.17, 15) is 4.79 Å². The largest absolute Gasteiger partial charge is 0.464 e. The Morgan fingerprint density at radius 2 is 2.13 bits per heavy atom. The van der Waals surface area contributed by atoms with Crippen molar-refractivity contribution in [3.05, 3.63) is 33.9 Å². The lowest BCUT2D eigenvalue weighted by Crippen LogP contribution is -2.00. The van der Waals surface area contributed by atoms with Crippen LogP contribution in [0.5, 0.6) is 0 Å². The van der Waals surface area contributed by atoms with E-state index in [2.05, 4.69) is 25.7 Å². The van der Waals surface area contributed by atoms with E-state index in [1.165, 1.54) is 7.11 Å². The molecule has 0 atom stereocenters. The number of esters is 1. The van der Waals surface area contributed by atoms with Gasteiger partial charge in [-0.1, -0.05) is 0 Å². The Labute approximate surface area is 95.6 Å². The maximum Gasteiger partial charge on any atom is 0.354 e. The Morgan fingerprint density at radius 3 is 2.80 bits per heavy atom. The first-order chi connectivity index (χ1) is 7.11. The predicted octanol–water partition coefficient (Wildman–Crippen LogP) is 3.03. The number of H-pyrrole nitrogens is 1. The molecule has 1 aromatic carbocycles. The van der Waals surface area contributed by atoms with Gasteiger partial charge in [0.1, 0.15) is 5.69 Å². The van der Waals surface area contributed by atoms with Crippen molar-refractivity contribution in [3.63, 3.8) is 0 Å². The molecule has 3 nitrogen and oxygen atoms in total. The van der Waals surface area contributed by atoms with Crippen molar-refractivity contribution < 1.29 is 9.53 Å². The van der Waals surface area contributed by atoms with Crippen LogP contribution in [0.1, 0.15) is 16.1 Å². The summed E-state index contributed by atoms with van der Waals surface area (Å²) in [6.07, 6.45) is 0. The summed E-state index contributed by atoms with van der Waals surface area (Å²) in [7, 11) is 1.37. The van der Waals surface area contributed by atoms with Crippen LogP contribution in [0.3, 0.4) is 0 Å². The average Bonchev–Trinajstić information content (AvgIpc) is 2.60. The predicted molar refractivity (Wildman–Crippen MR) is 62.1 cm³/mol. The van der Waals surface area contributed by atoms with Gasteiger partial charge in [0.2, 0.25) is 0 Å². The summed E-state index contributed by atoms with van der Waals surface area (Å²) in [4.78, 5) is 14.3. The third kappa shape index (κ3) is 1.77. The zero-order valence-electron chi connectivity index (χ0n) is 8.43. The smallest absolute Gasteiger partial charge is 0.354 e. The highest BCUT2D eigenvalue weighted by molar-refractivity contribution is 9.10. The van der Waals surface area contributed by atoms with E-state index in [4.69, 9.17) is 0 Å². The van der Waals surface area contributed by atoms with Crippen molar-refractivity contribution in [3.8, 4) is 0 Å². The Hall–Kier alpha value is -1.29. The molecule has 0 saturated carbocycles. The third-order valence-corrected chi connectivity index (χ3v) is 2.86. The number of carbonyl (C=O) groups is 1. The van der Waals surface area contributed by atoms with Crippen LogP contribution < -0.4 is 0 Å². The molecule has 0 aliphatic carbocycles. The van der Waals surface area contributed by atoms with Gasteiger partial charge in [-0.25, -0.2) is 4.79 Å². The standard InChI is InChI=1S/C11H10BrNO2/c1-6-3-7-5-9(11(14)15-2)13-10(7)8(12)4-6/h3-5,13H,1-2H3. The van der Waals surface area contributed by atoms with E-state index in [0.29, 0.717) is 5.69 Å². The van der Waals surface area contributed by atoms with Gasteiger partial charge in [-0.2, -0.15) is 0 Å². The Bertz CT molecular complexity index is 531. The number of benzene rings is 1. The maximum atomic E-state index is 11.3. The molecule has 0 fully saturated rings. The zero-order chi connectivity index (χ0) is 11.0. The van der Waals surface area contributed by atoms with Crippen LogP contribution in [-0.2, 0) is 4.74 Å². The molecule has 1 heterocycles. The zero-order valence-corrected chi connectivity index (χ0v) is 10.0. The summed E-state index contributed by atoms with van der Waals surface area (Å²) in [5, 5.41) is 1.00. The van der Waals surface area contributed by atoms with Crippen molar-refractivity contribution in [2.45, 2.75) is 6.92 Å². The number of aryl methyl sites for hydroxylation is 1. The second-order valence-electron chi connectivity index (χ2n) is 3.39. The highest BCUT2D eigenvalue weighted by Gasteiger charge is 2.11. The number of aromatic amines is 1. The number of aromatic nitrogens is 1. The highest BCUT2D eigenvalue weighted by Crippen LogP contribution is 2.26. The number of hydrogen-bond donors (Lipinski definition) is 1. The van der Waals surface area contributed by atoms with Gasteiger partial charge in [0.15, 0.2) is 0 Å². The summed E-state index contributed by atoms with van der Waals surface area (Å²) < 4.78 is 5.60. The van der Waals surface area contributed by atoms with Crippen LogP contribution in [0.15, 0.2) is 22.7 Å². The van der Waals surface area contributed by atoms with Crippen LogP contribution in [0.4, 0.5) is 0 Å². The molecule has 0 unspecified atom stereocenters. The Balaban J connectivity index is 2.65. The van der Waals surface area contributed by atoms with Crippen molar-refractivity contribution in [1.82, 2.24) is 4.98 Å². The summed E-state index contributed by atoms with van der Waals surface area (Å²) in [5.41, 5.74) is 2.53. The Morgan fingerprint density at radius 1 is 1.40 bits per heavy atom. The molecule has 1 aromatic heterocycles. The van der Waals surface area contributed by atoms with E-state index in [0.717, 1.165) is 20.9 Å². The molecule has 78 valence electrons. The van der Waals surface area contributed by atoms with Crippen molar-refractivity contribution in [1.29, 1.82) is 0 Å².